The van der Waals surface area contributed by atoms with Crippen molar-refractivity contribution in [2.24, 2.45) is 10.5 Å². The number of ether oxygens (including phenoxy) is 1. The molecule has 1 amide bonds. The van der Waals surface area contributed by atoms with Gasteiger partial charge in [-0.05, 0) is 31.0 Å². The summed E-state index contributed by atoms with van der Waals surface area (Å²) < 4.78 is 4.87. The van der Waals surface area contributed by atoms with E-state index in [4.69, 9.17) is 16.3 Å². The summed E-state index contributed by atoms with van der Waals surface area (Å²) in [5.41, 5.74) is 4.14. The van der Waals surface area contributed by atoms with E-state index in [1.807, 2.05) is 36.4 Å². The molecular weight excluding hydrogens is 390 g/mol. The summed E-state index contributed by atoms with van der Waals surface area (Å²) in [5, 5.41) is 8.06. The number of amides is 1. The van der Waals surface area contributed by atoms with Gasteiger partial charge in [0.05, 0.1) is 12.8 Å². The molecule has 0 atom stereocenters. The Balaban J connectivity index is 2.54. The minimum absolute atomic E-state index is 0.303. The van der Waals surface area contributed by atoms with E-state index in [-0.39, 0.29) is 0 Å². The topological polar surface area (TPSA) is 79.8 Å². The van der Waals surface area contributed by atoms with Crippen molar-refractivity contribution in [2.75, 3.05) is 19.5 Å². The summed E-state index contributed by atoms with van der Waals surface area (Å²) >= 11 is 6.21. The van der Waals surface area contributed by atoms with Crippen molar-refractivity contribution in [3.8, 4) is 0 Å². The molecule has 2 rings (SSSR count). The van der Waals surface area contributed by atoms with Gasteiger partial charge in [0.25, 0.3) is 5.91 Å². The molecule has 2 N–H and O–H groups in total. The number of methoxy groups -OCH3 is 1. The van der Waals surface area contributed by atoms with E-state index in [0.717, 1.165) is 16.8 Å². The molecule has 0 spiro atoms. The first-order chi connectivity index (χ1) is 13.9. The smallest absolute Gasteiger partial charge is 0.321 e. The zero-order chi connectivity index (χ0) is 21.4. The number of hydrogen-bond acceptors (Lipinski definition) is 5. The van der Waals surface area contributed by atoms with Gasteiger partial charge in [-0.1, -0.05) is 55.8 Å². The minimum Gasteiger partial charge on any atom is -0.468 e. The maximum absolute atomic E-state index is 13.0. The van der Waals surface area contributed by atoms with Crippen molar-refractivity contribution in [3.05, 3.63) is 64.7 Å². The first kappa shape index (κ1) is 22.4. The third-order valence-corrected chi connectivity index (χ3v) is 5.28. The number of carbonyl (C=O) groups is 2. The molecule has 0 radical (unpaired) electrons. The Bertz CT molecular complexity index is 893. The van der Waals surface area contributed by atoms with Crippen LogP contribution in [0.4, 0.5) is 5.69 Å². The molecule has 0 bridgehead atoms. The summed E-state index contributed by atoms with van der Waals surface area (Å²) in [7, 11) is 3.07. The van der Waals surface area contributed by atoms with Crippen LogP contribution in [0.5, 0.6) is 0 Å². The Kier molecular flexibility index (Phi) is 7.79. The highest BCUT2D eigenvalue weighted by molar-refractivity contribution is 6.31. The van der Waals surface area contributed by atoms with E-state index in [1.54, 1.807) is 33.0 Å². The van der Waals surface area contributed by atoms with Crippen LogP contribution < -0.4 is 10.7 Å². The van der Waals surface area contributed by atoms with Crippen LogP contribution in [0.15, 0.2) is 53.6 Å². The number of esters is 1. The van der Waals surface area contributed by atoms with Gasteiger partial charge >= 0.3 is 5.97 Å². The van der Waals surface area contributed by atoms with Gasteiger partial charge in [0.15, 0.2) is 0 Å². The van der Waals surface area contributed by atoms with Crippen LogP contribution in [0.25, 0.3) is 0 Å². The highest BCUT2D eigenvalue weighted by Crippen LogP contribution is 2.29. The van der Waals surface area contributed by atoms with Crippen LogP contribution in [0.3, 0.4) is 0 Å². The van der Waals surface area contributed by atoms with Gasteiger partial charge in [-0.2, -0.15) is 5.10 Å². The van der Waals surface area contributed by atoms with Crippen LogP contribution in [-0.2, 0) is 14.3 Å². The van der Waals surface area contributed by atoms with Crippen LogP contribution >= 0.6 is 11.6 Å². The van der Waals surface area contributed by atoms with Gasteiger partial charge in [0.1, 0.15) is 5.41 Å². The molecule has 2 aromatic carbocycles. The summed E-state index contributed by atoms with van der Waals surface area (Å²) in [6, 6.07) is 14.8. The van der Waals surface area contributed by atoms with Crippen LogP contribution in [0.1, 0.15) is 37.8 Å². The molecule has 0 saturated heterocycles. The number of halogens is 1. The first-order valence-electron chi connectivity index (χ1n) is 9.43. The van der Waals surface area contributed by atoms with E-state index in [9.17, 15) is 9.59 Å². The molecule has 0 saturated carbocycles. The Morgan fingerprint density at radius 3 is 2.31 bits per heavy atom. The Morgan fingerprint density at radius 1 is 1.10 bits per heavy atom. The van der Waals surface area contributed by atoms with Crippen molar-refractivity contribution in [1.29, 1.82) is 0 Å². The fourth-order valence-corrected chi connectivity index (χ4v) is 3.34. The molecule has 7 heteroatoms. The number of carbonyl (C=O) groups excluding carboxylic acids is 2. The van der Waals surface area contributed by atoms with Gasteiger partial charge in [-0.25, -0.2) is 5.43 Å². The van der Waals surface area contributed by atoms with Gasteiger partial charge < -0.3 is 10.1 Å². The normalized spacial score (nSPS) is 11.7. The summed E-state index contributed by atoms with van der Waals surface area (Å²) in [5.74, 6) is -1.08. The van der Waals surface area contributed by atoms with Gasteiger partial charge in [0.2, 0.25) is 0 Å². The largest absolute Gasteiger partial charge is 0.468 e. The van der Waals surface area contributed by atoms with E-state index >= 15 is 0 Å². The molecule has 0 aliphatic carbocycles. The zero-order valence-corrected chi connectivity index (χ0v) is 17.8. The van der Waals surface area contributed by atoms with Crippen LogP contribution in [0.2, 0.25) is 5.02 Å². The standard InChI is InChI=1S/C22H26ClN3O3/c1-5-22(6-2,21(28)29-4)20(27)26-25-19(15-10-8-7-9-11-15)17-14-16(23)12-13-18(17)24-3/h7-14,24H,5-6H2,1-4H3,(H,26,27)/b25-19-. The number of nitrogens with zero attached hydrogens (tertiary/aromatic N) is 1. The predicted molar refractivity (Wildman–Crippen MR) is 116 cm³/mol. The van der Waals surface area contributed by atoms with E-state index in [0.29, 0.717) is 23.6 Å². The monoisotopic (exact) mass is 415 g/mol. The number of nitrogens with one attached hydrogen (secondary N) is 2. The summed E-state index contributed by atoms with van der Waals surface area (Å²) in [6.07, 6.45) is 0.605. The lowest BCUT2D eigenvalue weighted by atomic mass is 9.81. The molecule has 0 heterocycles. The number of hydrazone groups is 1. The Labute approximate surface area is 176 Å². The van der Waals surface area contributed by atoms with Crippen LogP contribution in [-0.4, -0.2) is 31.7 Å². The Morgan fingerprint density at radius 2 is 1.76 bits per heavy atom. The molecule has 29 heavy (non-hydrogen) atoms. The quantitative estimate of drug-likeness (QED) is 0.292. The SMILES string of the molecule is CCC(CC)(C(=O)N/N=C(/c1ccccc1)c1cc(Cl)ccc1NC)C(=O)OC. The second-order valence-corrected chi connectivity index (χ2v) is 6.92. The van der Waals surface area contributed by atoms with Crippen LogP contribution in [0, 0.1) is 5.41 Å². The first-order valence-corrected chi connectivity index (χ1v) is 9.80. The molecular formula is C22H26ClN3O3. The lowest BCUT2D eigenvalue weighted by Gasteiger charge is -2.26. The molecule has 2 aromatic rings. The van der Waals surface area contributed by atoms with Gasteiger partial charge in [-0.3, -0.25) is 9.59 Å². The molecule has 154 valence electrons. The summed E-state index contributed by atoms with van der Waals surface area (Å²) in [4.78, 5) is 25.3. The average Bonchev–Trinajstić information content (AvgIpc) is 2.75. The number of hydrogen-bond donors (Lipinski definition) is 2. The predicted octanol–water partition coefficient (Wildman–Crippen LogP) is 4.23. The molecule has 6 nitrogen and oxygen atoms in total. The Hall–Kier alpha value is -2.86. The number of anilines is 1. The second-order valence-electron chi connectivity index (χ2n) is 6.49. The molecule has 0 fully saturated rings. The molecule has 0 aliphatic heterocycles. The van der Waals surface area contributed by atoms with Crippen molar-refractivity contribution in [3.63, 3.8) is 0 Å². The van der Waals surface area contributed by atoms with Gasteiger partial charge in [-0.15, -0.1) is 0 Å². The maximum atomic E-state index is 13.0. The lowest BCUT2D eigenvalue weighted by molar-refractivity contribution is -0.159. The highest BCUT2D eigenvalue weighted by atomic mass is 35.5. The van der Waals surface area contributed by atoms with Crippen molar-refractivity contribution in [2.45, 2.75) is 26.7 Å². The van der Waals surface area contributed by atoms with E-state index in [2.05, 4.69) is 15.8 Å². The second kappa shape index (κ2) is 10.1. The molecule has 0 unspecified atom stereocenters. The van der Waals surface area contributed by atoms with Gasteiger partial charge in [0, 0.05) is 28.9 Å². The number of rotatable bonds is 8. The molecule has 0 aliphatic rings. The third-order valence-electron chi connectivity index (χ3n) is 5.04. The van der Waals surface area contributed by atoms with E-state index < -0.39 is 17.3 Å². The number of benzene rings is 2. The third kappa shape index (κ3) is 4.77. The van der Waals surface area contributed by atoms with Crippen molar-refractivity contribution in [1.82, 2.24) is 5.43 Å². The average molecular weight is 416 g/mol. The minimum atomic E-state index is -1.29. The fourth-order valence-electron chi connectivity index (χ4n) is 3.17. The maximum Gasteiger partial charge on any atom is 0.321 e. The van der Waals surface area contributed by atoms with Crippen molar-refractivity contribution < 1.29 is 14.3 Å². The lowest BCUT2D eigenvalue weighted by Crippen LogP contribution is -2.45. The van der Waals surface area contributed by atoms with Crippen molar-refractivity contribution >= 4 is 34.9 Å². The molecule has 0 aromatic heterocycles. The zero-order valence-electron chi connectivity index (χ0n) is 17.1. The highest BCUT2D eigenvalue weighted by Gasteiger charge is 2.44. The summed E-state index contributed by atoms with van der Waals surface area (Å²) in [6.45, 7) is 3.55. The fraction of sp³-hybridized carbons (Fsp3) is 0.318. The van der Waals surface area contributed by atoms with E-state index in [1.165, 1.54) is 7.11 Å².